The van der Waals surface area contributed by atoms with E-state index in [2.05, 4.69) is 10.6 Å². The van der Waals surface area contributed by atoms with E-state index in [-0.39, 0.29) is 11.6 Å². The molecule has 5 heteroatoms. The van der Waals surface area contributed by atoms with Crippen LogP contribution in [0.15, 0.2) is 18.2 Å². The molecule has 0 unspecified atom stereocenters. The molecule has 0 aromatic heterocycles. The molecule has 1 aromatic rings. The summed E-state index contributed by atoms with van der Waals surface area (Å²) in [6.45, 7) is 1.50. The van der Waals surface area contributed by atoms with Crippen molar-refractivity contribution in [2.75, 3.05) is 13.1 Å². The quantitative estimate of drug-likeness (QED) is 0.791. The Balaban J connectivity index is 2.10. The molecule has 1 aliphatic rings. The lowest BCUT2D eigenvalue weighted by Gasteiger charge is -2.11. The maximum atomic E-state index is 13.3. The average Bonchev–Trinajstić information content (AvgIpc) is 2.74. The largest absolute Gasteiger partial charge is 0.348 e. The van der Waals surface area contributed by atoms with Crippen LogP contribution in [0.4, 0.5) is 8.78 Å². The Hall–Kier alpha value is -1.49. The molecule has 1 saturated heterocycles. The molecule has 2 rings (SSSR count). The number of benzene rings is 1. The Morgan fingerprint density at radius 2 is 2.25 bits per heavy atom. The van der Waals surface area contributed by atoms with E-state index < -0.39 is 17.5 Å². The Morgan fingerprint density at radius 3 is 2.94 bits per heavy atom. The smallest absolute Gasteiger partial charge is 0.254 e. The van der Waals surface area contributed by atoms with Gasteiger partial charge in [-0.1, -0.05) is 0 Å². The average molecular weight is 226 g/mol. The van der Waals surface area contributed by atoms with E-state index in [1.165, 1.54) is 0 Å². The number of rotatable bonds is 2. The molecule has 0 spiro atoms. The number of nitrogens with one attached hydrogen (secondary N) is 2. The van der Waals surface area contributed by atoms with Crippen LogP contribution in [0.1, 0.15) is 16.8 Å². The summed E-state index contributed by atoms with van der Waals surface area (Å²) < 4.78 is 26.1. The number of carbonyl (C=O) groups excluding carboxylic acids is 1. The molecule has 3 nitrogen and oxygen atoms in total. The van der Waals surface area contributed by atoms with E-state index in [9.17, 15) is 13.6 Å². The summed E-state index contributed by atoms with van der Waals surface area (Å²) in [6, 6.07) is 2.85. The lowest BCUT2D eigenvalue weighted by atomic mass is 10.1. The molecule has 2 N–H and O–H groups in total. The molecule has 1 heterocycles. The first kappa shape index (κ1) is 11.0. The lowest BCUT2D eigenvalue weighted by Crippen LogP contribution is -2.36. The summed E-state index contributed by atoms with van der Waals surface area (Å²) in [6.07, 6.45) is 0.808. The first-order chi connectivity index (χ1) is 7.66. The molecule has 1 aromatic carbocycles. The van der Waals surface area contributed by atoms with Crippen LogP contribution in [0.2, 0.25) is 0 Å². The van der Waals surface area contributed by atoms with Crippen molar-refractivity contribution in [3.63, 3.8) is 0 Å². The highest BCUT2D eigenvalue weighted by Crippen LogP contribution is 2.10. The molecule has 1 aliphatic heterocycles. The van der Waals surface area contributed by atoms with Gasteiger partial charge in [0, 0.05) is 12.6 Å². The van der Waals surface area contributed by atoms with Crippen molar-refractivity contribution in [1.29, 1.82) is 0 Å². The number of hydrogen-bond donors (Lipinski definition) is 2. The normalized spacial score (nSPS) is 19.8. The Bertz CT molecular complexity index is 403. The number of hydrogen-bond acceptors (Lipinski definition) is 2. The summed E-state index contributed by atoms with van der Waals surface area (Å²) in [7, 11) is 0. The van der Waals surface area contributed by atoms with Crippen LogP contribution in [0.3, 0.4) is 0 Å². The summed E-state index contributed by atoms with van der Waals surface area (Å²) in [5.74, 6) is -1.88. The van der Waals surface area contributed by atoms with Crippen LogP contribution in [0, 0.1) is 11.6 Å². The van der Waals surface area contributed by atoms with Crippen LogP contribution in [-0.2, 0) is 0 Å². The zero-order valence-corrected chi connectivity index (χ0v) is 8.59. The molecule has 0 radical (unpaired) electrons. The van der Waals surface area contributed by atoms with E-state index in [1.807, 2.05) is 0 Å². The topological polar surface area (TPSA) is 41.1 Å². The molecule has 1 amide bonds. The Morgan fingerprint density at radius 1 is 1.44 bits per heavy atom. The van der Waals surface area contributed by atoms with Crippen molar-refractivity contribution in [2.45, 2.75) is 12.5 Å². The van der Waals surface area contributed by atoms with Gasteiger partial charge in [0.25, 0.3) is 5.91 Å². The van der Waals surface area contributed by atoms with E-state index in [1.54, 1.807) is 0 Å². The SMILES string of the molecule is O=C(N[C@H]1CCNC1)c1cc(F)ccc1F. The zero-order chi connectivity index (χ0) is 11.5. The molecule has 0 bridgehead atoms. The van der Waals surface area contributed by atoms with Gasteiger partial charge < -0.3 is 10.6 Å². The predicted molar refractivity (Wildman–Crippen MR) is 55.1 cm³/mol. The maximum absolute atomic E-state index is 13.3. The second kappa shape index (κ2) is 4.57. The van der Waals surface area contributed by atoms with Gasteiger partial charge in [-0.05, 0) is 31.2 Å². The van der Waals surface area contributed by atoms with Gasteiger partial charge in [-0.15, -0.1) is 0 Å². The lowest BCUT2D eigenvalue weighted by molar-refractivity contribution is 0.0935. The second-order valence-corrected chi connectivity index (χ2v) is 3.79. The summed E-state index contributed by atoms with van der Waals surface area (Å²) in [5.41, 5.74) is -0.244. The first-order valence-electron chi connectivity index (χ1n) is 5.13. The van der Waals surface area contributed by atoms with Gasteiger partial charge in [-0.3, -0.25) is 4.79 Å². The monoisotopic (exact) mass is 226 g/mol. The molecule has 1 fully saturated rings. The third-order valence-corrected chi connectivity index (χ3v) is 2.57. The molecule has 16 heavy (non-hydrogen) atoms. The minimum absolute atomic E-state index is 0.00447. The van der Waals surface area contributed by atoms with Crippen molar-refractivity contribution in [3.05, 3.63) is 35.4 Å². The fourth-order valence-corrected chi connectivity index (χ4v) is 1.71. The van der Waals surface area contributed by atoms with Gasteiger partial charge in [0.1, 0.15) is 11.6 Å². The maximum Gasteiger partial charge on any atom is 0.254 e. The molecular formula is C11H12F2N2O. The van der Waals surface area contributed by atoms with Gasteiger partial charge in [0.05, 0.1) is 5.56 Å². The van der Waals surface area contributed by atoms with Crippen LogP contribution in [0.25, 0.3) is 0 Å². The van der Waals surface area contributed by atoms with Crippen molar-refractivity contribution in [2.24, 2.45) is 0 Å². The van der Waals surface area contributed by atoms with Crippen molar-refractivity contribution in [3.8, 4) is 0 Å². The van der Waals surface area contributed by atoms with Crippen LogP contribution < -0.4 is 10.6 Å². The molecule has 0 saturated carbocycles. The van der Waals surface area contributed by atoms with Crippen LogP contribution in [0.5, 0.6) is 0 Å². The van der Waals surface area contributed by atoms with Gasteiger partial charge in [0.2, 0.25) is 0 Å². The van der Waals surface area contributed by atoms with Crippen molar-refractivity contribution in [1.82, 2.24) is 10.6 Å². The number of carbonyl (C=O) groups is 1. The van der Waals surface area contributed by atoms with Gasteiger partial charge in [0.15, 0.2) is 0 Å². The third-order valence-electron chi connectivity index (χ3n) is 2.57. The molecule has 1 atom stereocenters. The van der Waals surface area contributed by atoms with Crippen molar-refractivity contribution < 1.29 is 13.6 Å². The van der Waals surface area contributed by atoms with E-state index >= 15 is 0 Å². The van der Waals surface area contributed by atoms with Gasteiger partial charge >= 0.3 is 0 Å². The fourth-order valence-electron chi connectivity index (χ4n) is 1.71. The van der Waals surface area contributed by atoms with Crippen LogP contribution in [-0.4, -0.2) is 25.0 Å². The van der Waals surface area contributed by atoms with Gasteiger partial charge in [-0.2, -0.15) is 0 Å². The standard InChI is InChI=1S/C11H12F2N2O/c12-7-1-2-10(13)9(5-7)11(16)15-8-3-4-14-6-8/h1-2,5,8,14H,3-4,6H2,(H,15,16)/t8-/m0/s1. The number of amides is 1. The summed E-state index contributed by atoms with van der Waals surface area (Å²) in [5, 5.41) is 5.73. The molecular weight excluding hydrogens is 214 g/mol. The van der Waals surface area contributed by atoms with Crippen molar-refractivity contribution >= 4 is 5.91 Å². The highest BCUT2D eigenvalue weighted by molar-refractivity contribution is 5.94. The van der Waals surface area contributed by atoms with Gasteiger partial charge in [-0.25, -0.2) is 8.78 Å². The highest BCUT2D eigenvalue weighted by atomic mass is 19.1. The fraction of sp³-hybridized carbons (Fsp3) is 0.364. The number of halogens is 2. The second-order valence-electron chi connectivity index (χ2n) is 3.79. The first-order valence-corrected chi connectivity index (χ1v) is 5.13. The van der Waals surface area contributed by atoms with E-state index in [0.717, 1.165) is 31.2 Å². The van der Waals surface area contributed by atoms with E-state index in [0.29, 0.717) is 6.54 Å². The Kier molecular flexibility index (Phi) is 3.14. The minimum Gasteiger partial charge on any atom is -0.348 e. The van der Waals surface area contributed by atoms with Crippen LogP contribution >= 0.6 is 0 Å². The zero-order valence-electron chi connectivity index (χ0n) is 8.59. The molecule has 86 valence electrons. The summed E-state index contributed by atoms with van der Waals surface area (Å²) in [4.78, 5) is 11.6. The minimum atomic E-state index is -0.704. The predicted octanol–water partition coefficient (Wildman–Crippen LogP) is 1.06. The third kappa shape index (κ3) is 2.36. The summed E-state index contributed by atoms with van der Waals surface area (Å²) >= 11 is 0. The highest BCUT2D eigenvalue weighted by Gasteiger charge is 2.19. The Labute approximate surface area is 91.8 Å². The van der Waals surface area contributed by atoms with E-state index in [4.69, 9.17) is 0 Å². The molecule has 0 aliphatic carbocycles.